The smallest absolute Gasteiger partial charge is 0.242 e. The lowest BCUT2D eigenvalue weighted by Crippen LogP contribution is -2.34. The van der Waals surface area contributed by atoms with E-state index in [4.69, 9.17) is 11.5 Å². The fourth-order valence-electron chi connectivity index (χ4n) is 0.851. The van der Waals surface area contributed by atoms with Crippen LogP contribution in [0.15, 0.2) is 4.99 Å². The van der Waals surface area contributed by atoms with E-state index in [1.807, 2.05) is 27.7 Å². The highest BCUT2D eigenvalue weighted by atomic mass is 16.1. The van der Waals surface area contributed by atoms with Gasteiger partial charge in [0.2, 0.25) is 5.91 Å². The highest BCUT2D eigenvalue weighted by molar-refractivity contribution is 5.87. The number of carbonyl (C=O) groups excluding carboxylic acids is 1. The standard InChI is InChI=1S/C9H19N3O/c1-5(2)7(9(11)13)12-8(10)6(3)4/h5-7H,1-4H3,(H2,10,12)(H2,11,13). The summed E-state index contributed by atoms with van der Waals surface area (Å²) in [6, 6.07) is -0.498. The van der Waals surface area contributed by atoms with Crippen molar-refractivity contribution >= 4 is 11.7 Å². The van der Waals surface area contributed by atoms with Crippen molar-refractivity contribution in [1.82, 2.24) is 0 Å². The Bertz CT molecular complexity index is 209. The van der Waals surface area contributed by atoms with Gasteiger partial charge >= 0.3 is 0 Å². The van der Waals surface area contributed by atoms with Crippen molar-refractivity contribution in [3.05, 3.63) is 0 Å². The topological polar surface area (TPSA) is 81.5 Å². The maximum absolute atomic E-state index is 11.0. The van der Waals surface area contributed by atoms with Crippen LogP contribution in [0.25, 0.3) is 0 Å². The van der Waals surface area contributed by atoms with Crippen LogP contribution < -0.4 is 11.5 Å². The predicted molar refractivity (Wildman–Crippen MR) is 54.3 cm³/mol. The molecule has 0 radical (unpaired) electrons. The van der Waals surface area contributed by atoms with Crippen LogP contribution in [0.1, 0.15) is 27.7 Å². The van der Waals surface area contributed by atoms with E-state index < -0.39 is 11.9 Å². The van der Waals surface area contributed by atoms with Gasteiger partial charge in [0.05, 0.1) is 5.84 Å². The Hall–Kier alpha value is -1.06. The van der Waals surface area contributed by atoms with Crippen LogP contribution in [-0.2, 0) is 4.79 Å². The van der Waals surface area contributed by atoms with Crippen LogP contribution in [0.5, 0.6) is 0 Å². The van der Waals surface area contributed by atoms with E-state index in [0.717, 1.165) is 0 Å². The molecule has 1 amide bonds. The average molecular weight is 185 g/mol. The second kappa shape index (κ2) is 4.84. The van der Waals surface area contributed by atoms with Crippen molar-refractivity contribution in [3.8, 4) is 0 Å². The summed E-state index contributed by atoms with van der Waals surface area (Å²) in [5.74, 6) is 0.312. The molecule has 4 heteroatoms. The van der Waals surface area contributed by atoms with Crippen molar-refractivity contribution < 1.29 is 4.79 Å². The van der Waals surface area contributed by atoms with Gasteiger partial charge in [-0.05, 0) is 5.92 Å². The highest BCUT2D eigenvalue weighted by Crippen LogP contribution is 2.07. The van der Waals surface area contributed by atoms with Crippen LogP contribution in [0.3, 0.4) is 0 Å². The van der Waals surface area contributed by atoms with Crippen LogP contribution >= 0.6 is 0 Å². The minimum atomic E-state index is -0.498. The Labute approximate surface area is 79.4 Å². The molecule has 4 N–H and O–H groups in total. The lowest BCUT2D eigenvalue weighted by Gasteiger charge is -2.14. The third-order valence-corrected chi connectivity index (χ3v) is 1.80. The van der Waals surface area contributed by atoms with Gasteiger partial charge in [-0.15, -0.1) is 0 Å². The first-order valence-electron chi connectivity index (χ1n) is 4.48. The number of primary amides is 1. The van der Waals surface area contributed by atoms with Crippen molar-refractivity contribution in [2.75, 3.05) is 0 Å². The summed E-state index contributed by atoms with van der Waals surface area (Å²) in [5.41, 5.74) is 10.8. The number of amides is 1. The monoisotopic (exact) mass is 185 g/mol. The first-order valence-corrected chi connectivity index (χ1v) is 4.48. The first kappa shape index (κ1) is 11.9. The number of rotatable bonds is 4. The summed E-state index contributed by atoms with van der Waals surface area (Å²) < 4.78 is 0. The number of hydrogen-bond donors (Lipinski definition) is 2. The second-order valence-corrected chi connectivity index (χ2v) is 3.80. The molecular formula is C9H19N3O. The number of carbonyl (C=O) groups is 1. The molecule has 0 saturated heterocycles. The zero-order chi connectivity index (χ0) is 10.6. The zero-order valence-corrected chi connectivity index (χ0v) is 8.74. The maximum Gasteiger partial charge on any atom is 0.242 e. The van der Waals surface area contributed by atoms with Crippen LogP contribution in [0.2, 0.25) is 0 Å². The van der Waals surface area contributed by atoms with E-state index >= 15 is 0 Å². The summed E-state index contributed by atoms with van der Waals surface area (Å²) in [6.45, 7) is 7.65. The Morgan fingerprint density at radius 2 is 1.62 bits per heavy atom. The van der Waals surface area contributed by atoms with Gasteiger partial charge < -0.3 is 11.5 Å². The molecule has 0 saturated carbocycles. The minimum Gasteiger partial charge on any atom is -0.387 e. The van der Waals surface area contributed by atoms with Gasteiger partial charge in [-0.2, -0.15) is 0 Å². The van der Waals surface area contributed by atoms with Crippen LogP contribution in [0, 0.1) is 11.8 Å². The van der Waals surface area contributed by atoms with Crippen molar-refractivity contribution in [1.29, 1.82) is 0 Å². The number of hydrogen-bond acceptors (Lipinski definition) is 2. The molecule has 0 rings (SSSR count). The molecular weight excluding hydrogens is 166 g/mol. The zero-order valence-electron chi connectivity index (χ0n) is 8.74. The lowest BCUT2D eigenvalue weighted by molar-refractivity contribution is -0.120. The van der Waals surface area contributed by atoms with E-state index in [1.165, 1.54) is 0 Å². The normalized spacial score (nSPS) is 15.1. The lowest BCUT2D eigenvalue weighted by atomic mass is 10.0. The molecule has 76 valence electrons. The average Bonchev–Trinajstić information content (AvgIpc) is 1.97. The van der Waals surface area contributed by atoms with Crippen molar-refractivity contribution in [2.24, 2.45) is 28.3 Å². The van der Waals surface area contributed by atoms with Gasteiger partial charge in [-0.25, -0.2) is 0 Å². The summed E-state index contributed by atoms with van der Waals surface area (Å²) in [7, 11) is 0. The first-order chi connectivity index (χ1) is 5.86. The van der Waals surface area contributed by atoms with Gasteiger partial charge in [-0.3, -0.25) is 9.79 Å². The van der Waals surface area contributed by atoms with E-state index in [9.17, 15) is 4.79 Å². The quantitative estimate of drug-likeness (QED) is 0.494. The summed E-state index contributed by atoms with van der Waals surface area (Å²) in [6.07, 6.45) is 0. The summed E-state index contributed by atoms with van der Waals surface area (Å²) >= 11 is 0. The fourth-order valence-corrected chi connectivity index (χ4v) is 0.851. The molecule has 0 aromatic heterocycles. The van der Waals surface area contributed by atoms with Gasteiger partial charge in [0, 0.05) is 5.92 Å². The maximum atomic E-state index is 11.0. The second-order valence-electron chi connectivity index (χ2n) is 3.80. The Balaban J connectivity index is 4.60. The molecule has 0 fully saturated rings. The van der Waals surface area contributed by atoms with Crippen LogP contribution in [-0.4, -0.2) is 17.8 Å². The number of nitrogens with two attached hydrogens (primary N) is 2. The van der Waals surface area contributed by atoms with E-state index in [0.29, 0.717) is 5.84 Å². The number of aliphatic imine (C=N–C) groups is 1. The third kappa shape index (κ3) is 3.92. The van der Waals surface area contributed by atoms with Gasteiger partial charge in [0.1, 0.15) is 6.04 Å². The molecule has 0 aliphatic carbocycles. The Kier molecular flexibility index (Phi) is 4.45. The SMILES string of the molecule is CC(C)C(N)=NC(C(N)=O)C(C)C. The molecule has 1 atom stereocenters. The Morgan fingerprint density at radius 1 is 1.15 bits per heavy atom. The summed E-state index contributed by atoms with van der Waals surface area (Å²) in [5, 5.41) is 0. The minimum absolute atomic E-state index is 0.0924. The van der Waals surface area contributed by atoms with Crippen molar-refractivity contribution in [2.45, 2.75) is 33.7 Å². The van der Waals surface area contributed by atoms with E-state index in [2.05, 4.69) is 4.99 Å². The fraction of sp³-hybridized carbons (Fsp3) is 0.778. The molecule has 0 bridgehead atoms. The Morgan fingerprint density at radius 3 is 1.85 bits per heavy atom. The van der Waals surface area contributed by atoms with Crippen LogP contribution in [0.4, 0.5) is 0 Å². The molecule has 0 aliphatic rings. The predicted octanol–water partition coefficient (Wildman–Crippen LogP) is 0.509. The molecule has 0 spiro atoms. The molecule has 0 aliphatic heterocycles. The highest BCUT2D eigenvalue weighted by Gasteiger charge is 2.18. The largest absolute Gasteiger partial charge is 0.387 e. The van der Waals surface area contributed by atoms with E-state index in [-0.39, 0.29) is 11.8 Å². The number of nitrogens with zero attached hydrogens (tertiary/aromatic N) is 1. The summed E-state index contributed by atoms with van der Waals surface area (Å²) in [4.78, 5) is 15.1. The van der Waals surface area contributed by atoms with Gasteiger partial charge in [0.15, 0.2) is 0 Å². The molecule has 0 aromatic rings. The molecule has 0 heterocycles. The number of amidine groups is 1. The molecule has 0 aromatic carbocycles. The van der Waals surface area contributed by atoms with Gasteiger partial charge in [0.25, 0.3) is 0 Å². The third-order valence-electron chi connectivity index (χ3n) is 1.80. The van der Waals surface area contributed by atoms with Crippen molar-refractivity contribution in [3.63, 3.8) is 0 Å². The molecule has 4 nitrogen and oxygen atoms in total. The van der Waals surface area contributed by atoms with E-state index in [1.54, 1.807) is 0 Å². The van der Waals surface area contributed by atoms with Gasteiger partial charge in [-0.1, -0.05) is 27.7 Å². The molecule has 13 heavy (non-hydrogen) atoms. The molecule has 1 unspecified atom stereocenters.